The van der Waals surface area contributed by atoms with Crippen molar-refractivity contribution in [2.45, 2.75) is 13.5 Å². The van der Waals surface area contributed by atoms with Crippen molar-refractivity contribution in [1.82, 2.24) is 4.57 Å². The third-order valence-electron chi connectivity index (χ3n) is 3.54. The normalized spacial score (nSPS) is 11.3. The van der Waals surface area contributed by atoms with Crippen LogP contribution in [0, 0.1) is 0 Å². The van der Waals surface area contributed by atoms with Crippen LogP contribution < -0.4 is 4.74 Å². The Labute approximate surface area is 140 Å². The smallest absolute Gasteiger partial charge is 0.323 e. The van der Waals surface area contributed by atoms with E-state index in [0.29, 0.717) is 28.8 Å². The van der Waals surface area contributed by atoms with Crippen LogP contribution in [0.15, 0.2) is 61.4 Å². The quantitative estimate of drug-likeness (QED) is 0.595. The summed E-state index contributed by atoms with van der Waals surface area (Å²) in [5.74, 6) is -0.498. The summed E-state index contributed by atoms with van der Waals surface area (Å²) < 4.78 is 7.27. The molecule has 1 aromatic heterocycles. The van der Waals surface area contributed by atoms with E-state index in [9.17, 15) is 9.59 Å². The minimum absolute atomic E-state index is 0.125. The summed E-state index contributed by atoms with van der Waals surface area (Å²) in [6.45, 7) is 8.92. The van der Waals surface area contributed by atoms with E-state index in [0.717, 1.165) is 5.57 Å². The van der Waals surface area contributed by atoms with Crippen molar-refractivity contribution in [2.75, 3.05) is 6.61 Å². The van der Waals surface area contributed by atoms with Gasteiger partial charge in [-0.15, -0.1) is 0 Å². The number of aliphatic carboxylic acids is 1. The van der Waals surface area contributed by atoms with E-state index in [1.807, 2.05) is 0 Å². The Balaban J connectivity index is 2.38. The molecule has 0 aliphatic carbocycles. The predicted molar refractivity (Wildman–Crippen MR) is 93.6 cm³/mol. The molecule has 0 saturated carbocycles. The minimum Gasteiger partial charge on any atom is -0.489 e. The first-order valence-corrected chi connectivity index (χ1v) is 7.38. The van der Waals surface area contributed by atoms with Gasteiger partial charge in [0.1, 0.15) is 18.9 Å². The molecular formula is C19H19NO4. The number of carbonyl (C=O) groups is 2. The fourth-order valence-electron chi connectivity index (χ4n) is 2.42. The maximum absolute atomic E-state index is 11.8. The number of carbonyl (C=O) groups excluding carboxylic acids is 1. The second-order valence-electron chi connectivity index (χ2n) is 5.27. The standard InChI is InChI=1S/C19H19NO4/c1-4-6-14(5-2)12-24-15-7-8-18-16(9-15)17(13(3)21)10-20(18)11-19(22)23/h4-10H,1-2,11-12H2,3H3,(H,22,23)/b14-6+. The van der Waals surface area contributed by atoms with Crippen molar-refractivity contribution >= 4 is 22.7 Å². The molecule has 1 N–H and O–H groups in total. The Bertz CT molecular complexity index is 842. The summed E-state index contributed by atoms with van der Waals surface area (Å²) in [7, 11) is 0. The molecule has 0 spiro atoms. The lowest BCUT2D eigenvalue weighted by Crippen LogP contribution is -2.07. The van der Waals surface area contributed by atoms with Gasteiger partial charge in [-0.2, -0.15) is 0 Å². The van der Waals surface area contributed by atoms with Crippen molar-refractivity contribution in [2.24, 2.45) is 0 Å². The molecule has 0 unspecified atom stereocenters. The molecule has 0 aliphatic heterocycles. The molecule has 5 nitrogen and oxygen atoms in total. The number of rotatable bonds is 8. The van der Waals surface area contributed by atoms with Gasteiger partial charge in [-0.25, -0.2) is 0 Å². The Morgan fingerprint density at radius 3 is 2.67 bits per heavy atom. The van der Waals surface area contributed by atoms with Gasteiger partial charge in [-0.3, -0.25) is 9.59 Å². The van der Waals surface area contributed by atoms with Gasteiger partial charge in [-0.1, -0.05) is 31.4 Å². The number of nitrogens with zero attached hydrogens (tertiary/aromatic N) is 1. The summed E-state index contributed by atoms with van der Waals surface area (Å²) in [6, 6.07) is 5.25. The monoisotopic (exact) mass is 325 g/mol. The van der Waals surface area contributed by atoms with Crippen molar-refractivity contribution in [3.8, 4) is 5.75 Å². The maximum atomic E-state index is 11.8. The number of carboxylic acids is 1. The maximum Gasteiger partial charge on any atom is 0.323 e. The van der Waals surface area contributed by atoms with E-state index in [-0.39, 0.29) is 12.3 Å². The van der Waals surface area contributed by atoms with Gasteiger partial charge < -0.3 is 14.4 Å². The van der Waals surface area contributed by atoms with Gasteiger partial charge in [0.05, 0.1) is 0 Å². The van der Waals surface area contributed by atoms with Gasteiger partial charge in [0.2, 0.25) is 0 Å². The lowest BCUT2D eigenvalue weighted by molar-refractivity contribution is -0.137. The first-order valence-electron chi connectivity index (χ1n) is 7.38. The minimum atomic E-state index is -0.965. The largest absolute Gasteiger partial charge is 0.489 e. The molecule has 0 fully saturated rings. The number of hydrogen-bond donors (Lipinski definition) is 1. The third-order valence-corrected chi connectivity index (χ3v) is 3.54. The van der Waals surface area contributed by atoms with Crippen molar-refractivity contribution in [3.05, 3.63) is 66.9 Å². The van der Waals surface area contributed by atoms with Crippen LogP contribution in [-0.4, -0.2) is 28.0 Å². The zero-order chi connectivity index (χ0) is 17.7. The zero-order valence-electron chi connectivity index (χ0n) is 13.5. The van der Waals surface area contributed by atoms with Crippen LogP contribution in [0.5, 0.6) is 5.75 Å². The fourth-order valence-corrected chi connectivity index (χ4v) is 2.42. The first-order chi connectivity index (χ1) is 11.5. The molecular weight excluding hydrogens is 306 g/mol. The van der Waals surface area contributed by atoms with E-state index < -0.39 is 5.97 Å². The molecule has 0 saturated heterocycles. The molecule has 2 rings (SSSR count). The highest BCUT2D eigenvalue weighted by Crippen LogP contribution is 2.27. The van der Waals surface area contributed by atoms with E-state index in [2.05, 4.69) is 13.2 Å². The summed E-state index contributed by atoms with van der Waals surface area (Å²) in [5.41, 5.74) is 2.03. The Morgan fingerprint density at radius 2 is 2.08 bits per heavy atom. The van der Waals surface area contributed by atoms with Crippen molar-refractivity contribution in [3.63, 3.8) is 0 Å². The molecule has 0 radical (unpaired) electrons. The lowest BCUT2D eigenvalue weighted by atomic mass is 10.1. The lowest BCUT2D eigenvalue weighted by Gasteiger charge is -2.08. The van der Waals surface area contributed by atoms with Gasteiger partial charge in [0.25, 0.3) is 0 Å². The van der Waals surface area contributed by atoms with Gasteiger partial charge in [0, 0.05) is 22.7 Å². The average Bonchev–Trinajstić information content (AvgIpc) is 2.89. The number of Topliss-reactive ketones (excluding diaryl/α,β-unsaturated/α-hetero) is 1. The van der Waals surface area contributed by atoms with Crippen LogP contribution in [0.1, 0.15) is 17.3 Å². The molecule has 24 heavy (non-hydrogen) atoms. The van der Waals surface area contributed by atoms with E-state index in [1.54, 1.807) is 47.2 Å². The van der Waals surface area contributed by atoms with Crippen LogP contribution in [0.2, 0.25) is 0 Å². The number of hydrogen-bond acceptors (Lipinski definition) is 3. The Kier molecular flexibility index (Phi) is 5.37. The Morgan fingerprint density at radius 1 is 1.33 bits per heavy atom. The van der Waals surface area contributed by atoms with Crippen LogP contribution in [-0.2, 0) is 11.3 Å². The number of benzene rings is 1. The summed E-state index contributed by atoms with van der Waals surface area (Å²) >= 11 is 0. The fraction of sp³-hybridized carbons (Fsp3) is 0.158. The Hall–Kier alpha value is -3.08. The number of ketones is 1. The molecule has 1 heterocycles. The SMILES string of the molecule is C=C/C=C(\C=C)COc1ccc2c(c1)c(C(C)=O)cn2CC(=O)O. The second kappa shape index (κ2) is 7.46. The highest BCUT2D eigenvalue weighted by Gasteiger charge is 2.14. The van der Waals surface area contributed by atoms with Gasteiger partial charge in [-0.05, 0) is 30.7 Å². The summed E-state index contributed by atoms with van der Waals surface area (Å²) in [6.07, 6.45) is 6.71. The number of fused-ring (bicyclic) bond motifs is 1. The topological polar surface area (TPSA) is 68.5 Å². The van der Waals surface area contributed by atoms with E-state index >= 15 is 0 Å². The molecule has 0 atom stereocenters. The summed E-state index contributed by atoms with van der Waals surface area (Å²) in [4.78, 5) is 22.8. The molecule has 1 aromatic carbocycles. The average molecular weight is 325 g/mol. The predicted octanol–water partition coefficient (Wildman–Crippen LogP) is 3.61. The van der Waals surface area contributed by atoms with Crippen LogP contribution in [0.25, 0.3) is 10.9 Å². The third kappa shape index (κ3) is 3.81. The molecule has 5 heteroatoms. The number of ether oxygens (including phenoxy) is 1. The first kappa shape index (κ1) is 17.3. The zero-order valence-corrected chi connectivity index (χ0v) is 13.5. The van der Waals surface area contributed by atoms with E-state index in [4.69, 9.17) is 9.84 Å². The van der Waals surface area contributed by atoms with E-state index in [1.165, 1.54) is 6.92 Å². The second-order valence-corrected chi connectivity index (χ2v) is 5.27. The summed E-state index contributed by atoms with van der Waals surface area (Å²) in [5, 5.41) is 9.67. The number of aromatic nitrogens is 1. The number of allylic oxidation sites excluding steroid dienone is 2. The molecule has 124 valence electrons. The van der Waals surface area contributed by atoms with Crippen LogP contribution in [0.3, 0.4) is 0 Å². The van der Waals surface area contributed by atoms with Gasteiger partial charge in [0.15, 0.2) is 5.78 Å². The van der Waals surface area contributed by atoms with Crippen molar-refractivity contribution < 1.29 is 19.4 Å². The van der Waals surface area contributed by atoms with Crippen molar-refractivity contribution in [1.29, 1.82) is 0 Å². The number of carboxylic acid groups (broad SMARTS) is 1. The molecule has 0 aliphatic rings. The van der Waals surface area contributed by atoms with Gasteiger partial charge >= 0.3 is 5.97 Å². The molecule has 0 amide bonds. The molecule has 2 aromatic rings. The van der Waals surface area contributed by atoms with Crippen LogP contribution >= 0.6 is 0 Å². The molecule has 0 bridgehead atoms. The highest BCUT2D eigenvalue weighted by molar-refractivity contribution is 6.07. The van der Waals surface area contributed by atoms with Crippen LogP contribution in [0.4, 0.5) is 0 Å². The highest BCUT2D eigenvalue weighted by atomic mass is 16.5.